The summed E-state index contributed by atoms with van der Waals surface area (Å²) in [5, 5.41) is 9.02. The van der Waals surface area contributed by atoms with Gasteiger partial charge in [0.2, 0.25) is 11.8 Å². The number of carbonyl (C=O) groups is 2. The summed E-state index contributed by atoms with van der Waals surface area (Å²) in [7, 11) is 1.79. The molecular formula is C19H38N4O2. The highest BCUT2D eigenvalue weighted by molar-refractivity contribution is 5.89. The van der Waals surface area contributed by atoms with Gasteiger partial charge in [0.1, 0.15) is 6.04 Å². The smallest absolute Gasteiger partial charge is 0.242 e. The van der Waals surface area contributed by atoms with Crippen LogP contribution < -0.4 is 21.7 Å². The number of hydrogen-bond acceptors (Lipinski definition) is 4. The largest absolute Gasteiger partial charge is 0.352 e. The molecule has 6 nitrogen and oxygen atoms in total. The molecule has 2 unspecified atom stereocenters. The Morgan fingerprint density at radius 2 is 1.64 bits per heavy atom. The Balaban J connectivity index is 2.65. The summed E-state index contributed by atoms with van der Waals surface area (Å²) >= 11 is 0. The van der Waals surface area contributed by atoms with Gasteiger partial charge in [-0.3, -0.25) is 9.59 Å². The zero-order valence-corrected chi connectivity index (χ0v) is 16.3. The third-order valence-corrected chi connectivity index (χ3v) is 4.97. The summed E-state index contributed by atoms with van der Waals surface area (Å²) in [5.74, 6) is 0.382. The van der Waals surface area contributed by atoms with E-state index in [-0.39, 0.29) is 23.9 Å². The van der Waals surface area contributed by atoms with Crippen LogP contribution in [-0.2, 0) is 9.59 Å². The van der Waals surface area contributed by atoms with Crippen molar-refractivity contribution in [2.75, 3.05) is 13.6 Å². The first kappa shape index (κ1) is 21.9. The molecule has 5 N–H and O–H groups in total. The minimum Gasteiger partial charge on any atom is -0.352 e. The van der Waals surface area contributed by atoms with Gasteiger partial charge in [-0.1, -0.05) is 38.5 Å². The van der Waals surface area contributed by atoms with E-state index >= 15 is 0 Å². The maximum atomic E-state index is 12.6. The topological polar surface area (TPSA) is 96.2 Å². The Kier molecular flexibility index (Phi) is 10.7. The molecule has 0 bridgehead atoms. The zero-order valence-electron chi connectivity index (χ0n) is 16.3. The van der Waals surface area contributed by atoms with E-state index in [1.165, 1.54) is 19.3 Å². The van der Waals surface area contributed by atoms with Crippen molar-refractivity contribution in [3.63, 3.8) is 0 Å². The second-order valence-electron chi connectivity index (χ2n) is 7.59. The molecule has 1 aliphatic carbocycles. The predicted octanol–water partition coefficient (Wildman–Crippen LogP) is 1.68. The van der Waals surface area contributed by atoms with E-state index in [1.54, 1.807) is 7.05 Å². The first-order valence-corrected chi connectivity index (χ1v) is 9.96. The molecule has 0 aromatic rings. The molecule has 1 aliphatic rings. The molecule has 0 aromatic carbocycles. The van der Waals surface area contributed by atoms with Crippen molar-refractivity contribution >= 4 is 11.8 Å². The van der Waals surface area contributed by atoms with Crippen LogP contribution in [-0.4, -0.2) is 43.5 Å². The van der Waals surface area contributed by atoms with Gasteiger partial charge in [0, 0.05) is 6.04 Å². The zero-order chi connectivity index (χ0) is 18.7. The average Bonchev–Trinajstić information content (AvgIpc) is 2.58. The fourth-order valence-electron chi connectivity index (χ4n) is 3.54. The highest BCUT2D eigenvalue weighted by atomic mass is 16.2. The molecule has 6 heteroatoms. The van der Waals surface area contributed by atoms with E-state index < -0.39 is 6.04 Å². The summed E-state index contributed by atoms with van der Waals surface area (Å²) in [6, 6.07) is -0.640. The molecule has 0 aromatic heterocycles. The van der Waals surface area contributed by atoms with Crippen LogP contribution in [0.4, 0.5) is 0 Å². The third kappa shape index (κ3) is 8.68. The van der Waals surface area contributed by atoms with Crippen LogP contribution in [0.25, 0.3) is 0 Å². The average molecular weight is 355 g/mol. The third-order valence-electron chi connectivity index (χ3n) is 4.97. The first-order valence-electron chi connectivity index (χ1n) is 9.96. The van der Waals surface area contributed by atoms with Gasteiger partial charge in [0.25, 0.3) is 0 Å². The van der Waals surface area contributed by atoms with E-state index in [0.29, 0.717) is 12.5 Å². The number of nitrogens with one attached hydrogen (secondary N) is 3. The molecule has 0 heterocycles. The number of amides is 2. The van der Waals surface area contributed by atoms with Crippen LogP contribution >= 0.6 is 0 Å². The molecule has 0 aliphatic heterocycles. The normalized spacial score (nSPS) is 18.0. The molecule has 146 valence electrons. The second-order valence-corrected chi connectivity index (χ2v) is 7.59. The van der Waals surface area contributed by atoms with Crippen LogP contribution in [0.3, 0.4) is 0 Å². The van der Waals surface area contributed by atoms with E-state index in [0.717, 1.165) is 38.5 Å². The highest BCUT2D eigenvalue weighted by Gasteiger charge is 2.28. The van der Waals surface area contributed by atoms with E-state index in [4.69, 9.17) is 5.73 Å². The number of likely N-dealkylation sites (N-methyl/N-ethyl adjacent to an activating group) is 1. The van der Waals surface area contributed by atoms with Crippen LogP contribution in [0.5, 0.6) is 0 Å². The van der Waals surface area contributed by atoms with Gasteiger partial charge in [-0.25, -0.2) is 0 Å². The van der Waals surface area contributed by atoms with Gasteiger partial charge in [-0.05, 0) is 52.6 Å². The highest BCUT2D eigenvalue weighted by Crippen LogP contribution is 2.27. The molecule has 2 amide bonds. The number of unbranched alkanes of at least 4 members (excludes halogenated alkanes) is 1. The summed E-state index contributed by atoms with van der Waals surface area (Å²) < 4.78 is 0. The maximum Gasteiger partial charge on any atom is 0.242 e. The Labute approximate surface area is 153 Å². The fraction of sp³-hybridized carbons (Fsp3) is 0.895. The molecule has 25 heavy (non-hydrogen) atoms. The summed E-state index contributed by atoms with van der Waals surface area (Å²) in [4.78, 5) is 25.2. The van der Waals surface area contributed by atoms with Crippen molar-refractivity contribution < 1.29 is 9.59 Å². The Morgan fingerprint density at radius 3 is 2.20 bits per heavy atom. The van der Waals surface area contributed by atoms with Gasteiger partial charge in [-0.15, -0.1) is 0 Å². The minimum atomic E-state index is -0.441. The Morgan fingerprint density at radius 1 is 1.00 bits per heavy atom. The molecule has 0 radical (unpaired) electrons. The van der Waals surface area contributed by atoms with Gasteiger partial charge in [0.05, 0.1) is 6.04 Å². The molecular weight excluding hydrogens is 316 g/mol. The summed E-state index contributed by atoms with van der Waals surface area (Å²) in [5.41, 5.74) is 5.53. The lowest BCUT2D eigenvalue weighted by Gasteiger charge is -2.28. The lowest BCUT2D eigenvalue weighted by Crippen LogP contribution is -2.53. The van der Waals surface area contributed by atoms with Gasteiger partial charge in [0.15, 0.2) is 0 Å². The SMILES string of the molecule is CNC(CCCCN)C(=O)NC(CC1CCCCC1)C(=O)NC(C)C. The fourth-order valence-corrected chi connectivity index (χ4v) is 3.54. The number of hydrogen-bond donors (Lipinski definition) is 4. The van der Waals surface area contributed by atoms with Crippen LogP contribution in [0.15, 0.2) is 0 Å². The van der Waals surface area contributed by atoms with Gasteiger partial charge < -0.3 is 21.7 Å². The van der Waals surface area contributed by atoms with Crippen molar-refractivity contribution in [3.8, 4) is 0 Å². The van der Waals surface area contributed by atoms with Crippen LogP contribution in [0.2, 0.25) is 0 Å². The lowest BCUT2D eigenvalue weighted by molar-refractivity contribution is -0.130. The first-order chi connectivity index (χ1) is 12.0. The van der Waals surface area contributed by atoms with Crippen LogP contribution in [0.1, 0.15) is 71.6 Å². The number of rotatable bonds is 11. The molecule has 0 spiro atoms. The Hall–Kier alpha value is -1.14. The van der Waals surface area contributed by atoms with Crippen LogP contribution in [0, 0.1) is 5.92 Å². The van der Waals surface area contributed by atoms with E-state index in [1.807, 2.05) is 13.8 Å². The summed E-state index contributed by atoms with van der Waals surface area (Å²) in [6.07, 6.45) is 9.36. The van der Waals surface area contributed by atoms with Crippen molar-refractivity contribution in [1.82, 2.24) is 16.0 Å². The van der Waals surface area contributed by atoms with Gasteiger partial charge in [-0.2, -0.15) is 0 Å². The standard InChI is InChI=1S/C19H38N4O2/c1-14(2)22-19(25)17(13-15-9-5-4-6-10-15)23-18(24)16(21-3)11-7-8-12-20/h14-17,21H,4-13,20H2,1-3H3,(H,22,25)(H,23,24). The number of nitrogens with two attached hydrogens (primary N) is 1. The number of carbonyl (C=O) groups excluding carboxylic acids is 2. The molecule has 1 rings (SSSR count). The molecule has 2 atom stereocenters. The van der Waals surface area contributed by atoms with Crippen molar-refractivity contribution in [2.45, 2.75) is 89.8 Å². The monoisotopic (exact) mass is 354 g/mol. The molecule has 1 saturated carbocycles. The van der Waals surface area contributed by atoms with Crippen molar-refractivity contribution in [1.29, 1.82) is 0 Å². The van der Waals surface area contributed by atoms with Gasteiger partial charge >= 0.3 is 0 Å². The second kappa shape index (κ2) is 12.3. The predicted molar refractivity (Wildman–Crippen MR) is 102 cm³/mol. The van der Waals surface area contributed by atoms with Crippen molar-refractivity contribution in [3.05, 3.63) is 0 Å². The van der Waals surface area contributed by atoms with E-state index in [2.05, 4.69) is 16.0 Å². The van der Waals surface area contributed by atoms with E-state index in [9.17, 15) is 9.59 Å². The maximum absolute atomic E-state index is 12.6. The minimum absolute atomic E-state index is 0.0641. The van der Waals surface area contributed by atoms with Crippen molar-refractivity contribution in [2.24, 2.45) is 11.7 Å². The quantitative estimate of drug-likeness (QED) is 0.425. The Bertz CT molecular complexity index is 395. The molecule has 1 fully saturated rings. The lowest BCUT2D eigenvalue weighted by atomic mass is 9.84. The molecule has 0 saturated heterocycles. The summed E-state index contributed by atoms with van der Waals surface area (Å²) in [6.45, 7) is 4.53.